The van der Waals surface area contributed by atoms with Crippen LogP contribution in [0, 0.1) is 25.1 Å². The summed E-state index contributed by atoms with van der Waals surface area (Å²) in [5, 5.41) is 0. The molecule has 2 fully saturated rings. The molecule has 0 spiro atoms. The Morgan fingerprint density at radius 1 is 1.02 bits per heavy atom. The third-order valence-corrected chi connectivity index (χ3v) is 9.70. The molecule has 2 aromatic carbocycles. The first-order valence-corrected chi connectivity index (χ1v) is 18.0. The fourth-order valence-corrected chi connectivity index (χ4v) is 7.11. The number of halogens is 1. The third kappa shape index (κ3) is 9.68. The lowest BCUT2D eigenvalue weighted by molar-refractivity contribution is -0.166. The maximum atomic E-state index is 13.7. The Morgan fingerprint density at radius 2 is 1.63 bits per heavy atom. The van der Waals surface area contributed by atoms with Crippen molar-refractivity contribution in [3.05, 3.63) is 82.4 Å². The standard InChI is InChI=1S/C41H56FN3O4/c1-9-47-39(46)38(49-40(4,5)6)36-29(3)43-28(2)35(37(36)45-22-20-41(7,8)21-23-45)32-16-12-30(13-17-32)25-44(27-34-11-10-24-48-34)26-31-14-18-33(42)19-15-31/h12-19,34,38H,9-11,20-27H2,1-8H3. The van der Waals surface area contributed by atoms with Gasteiger partial charge in [0.1, 0.15) is 5.82 Å². The molecule has 7 nitrogen and oxygen atoms in total. The number of piperidine rings is 1. The van der Waals surface area contributed by atoms with E-state index in [1.54, 1.807) is 0 Å². The summed E-state index contributed by atoms with van der Waals surface area (Å²) in [6, 6.07) is 15.5. The number of pyridine rings is 1. The van der Waals surface area contributed by atoms with Gasteiger partial charge in [-0.2, -0.15) is 0 Å². The molecule has 2 aliphatic rings. The Morgan fingerprint density at radius 3 is 2.18 bits per heavy atom. The number of aromatic nitrogens is 1. The lowest BCUT2D eigenvalue weighted by Gasteiger charge is -2.41. The van der Waals surface area contributed by atoms with Crippen molar-refractivity contribution in [1.29, 1.82) is 0 Å². The summed E-state index contributed by atoms with van der Waals surface area (Å²) in [7, 11) is 0. The van der Waals surface area contributed by atoms with E-state index in [4.69, 9.17) is 19.2 Å². The Hall–Kier alpha value is -3.33. The van der Waals surface area contributed by atoms with Gasteiger partial charge in [0.15, 0.2) is 6.10 Å². The van der Waals surface area contributed by atoms with Crippen molar-refractivity contribution in [2.75, 3.05) is 37.7 Å². The summed E-state index contributed by atoms with van der Waals surface area (Å²) in [6.07, 6.45) is 3.54. The number of rotatable bonds is 12. The number of esters is 1. The molecule has 8 heteroatoms. The molecule has 3 heterocycles. The van der Waals surface area contributed by atoms with Crippen molar-refractivity contribution in [2.45, 2.75) is 112 Å². The summed E-state index contributed by atoms with van der Waals surface area (Å²) in [5.41, 5.74) is 7.53. The van der Waals surface area contributed by atoms with Crippen molar-refractivity contribution in [2.24, 2.45) is 5.41 Å². The molecule has 2 saturated heterocycles. The zero-order chi connectivity index (χ0) is 35.3. The van der Waals surface area contributed by atoms with Crippen LogP contribution in [0.3, 0.4) is 0 Å². The van der Waals surface area contributed by atoms with Gasteiger partial charge in [0.2, 0.25) is 0 Å². The van der Waals surface area contributed by atoms with Gasteiger partial charge in [-0.15, -0.1) is 0 Å². The molecule has 0 saturated carbocycles. The second-order valence-electron chi connectivity index (χ2n) is 15.6. The van der Waals surface area contributed by atoms with Crippen LogP contribution in [0.15, 0.2) is 48.5 Å². The van der Waals surface area contributed by atoms with Gasteiger partial charge in [-0.05, 0) is 101 Å². The molecule has 5 rings (SSSR count). The molecule has 3 aromatic rings. The van der Waals surface area contributed by atoms with Gasteiger partial charge in [0, 0.05) is 61.8 Å². The van der Waals surface area contributed by atoms with Crippen molar-refractivity contribution in [3.63, 3.8) is 0 Å². The van der Waals surface area contributed by atoms with Crippen LogP contribution in [0.4, 0.5) is 10.1 Å². The van der Waals surface area contributed by atoms with E-state index in [1.807, 2.05) is 46.8 Å². The molecule has 266 valence electrons. The number of hydrogen-bond donors (Lipinski definition) is 0. The first kappa shape index (κ1) is 36.9. The number of carbonyl (C=O) groups is 1. The van der Waals surface area contributed by atoms with Crippen molar-refractivity contribution < 1.29 is 23.4 Å². The van der Waals surface area contributed by atoms with Crippen LogP contribution in [0.2, 0.25) is 0 Å². The van der Waals surface area contributed by atoms with Crippen LogP contribution in [-0.4, -0.2) is 60.4 Å². The Bertz CT molecular complexity index is 1550. The number of nitrogens with zero attached hydrogens (tertiary/aromatic N) is 3. The second-order valence-corrected chi connectivity index (χ2v) is 15.6. The minimum Gasteiger partial charge on any atom is -0.464 e. The van der Waals surface area contributed by atoms with Gasteiger partial charge in [-0.1, -0.05) is 50.2 Å². The number of aryl methyl sites for hydroxylation is 2. The zero-order valence-electron chi connectivity index (χ0n) is 30.9. The van der Waals surface area contributed by atoms with Crippen LogP contribution in [0.1, 0.15) is 101 Å². The smallest absolute Gasteiger partial charge is 0.340 e. The summed E-state index contributed by atoms with van der Waals surface area (Å²) < 4.78 is 31.8. The van der Waals surface area contributed by atoms with Crippen molar-refractivity contribution in [1.82, 2.24) is 9.88 Å². The molecule has 0 radical (unpaired) electrons. The zero-order valence-corrected chi connectivity index (χ0v) is 30.9. The highest BCUT2D eigenvalue weighted by Gasteiger charge is 2.37. The summed E-state index contributed by atoms with van der Waals surface area (Å²) in [4.78, 5) is 23.5. The van der Waals surface area contributed by atoms with Crippen LogP contribution >= 0.6 is 0 Å². The van der Waals surface area contributed by atoms with Gasteiger partial charge in [-0.3, -0.25) is 9.88 Å². The molecule has 0 aliphatic carbocycles. The summed E-state index contributed by atoms with van der Waals surface area (Å²) in [6.45, 7) is 21.5. The average molecular weight is 674 g/mol. The Kier molecular flexibility index (Phi) is 11.8. The summed E-state index contributed by atoms with van der Waals surface area (Å²) >= 11 is 0. The van der Waals surface area contributed by atoms with E-state index in [-0.39, 0.29) is 23.9 Å². The maximum Gasteiger partial charge on any atom is 0.340 e. The van der Waals surface area contributed by atoms with E-state index < -0.39 is 17.7 Å². The highest BCUT2D eigenvalue weighted by molar-refractivity contribution is 5.88. The van der Waals surface area contributed by atoms with E-state index in [9.17, 15) is 9.18 Å². The van der Waals surface area contributed by atoms with Crippen LogP contribution in [-0.2, 0) is 32.1 Å². The molecule has 2 atom stereocenters. The molecular formula is C41H56FN3O4. The predicted octanol–water partition coefficient (Wildman–Crippen LogP) is 8.73. The molecule has 49 heavy (non-hydrogen) atoms. The minimum absolute atomic E-state index is 0.208. The lowest BCUT2D eigenvalue weighted by atomic mass is 9.81. The Labute approximate surface area is 293 Å². The van der Waals surface area contributed by atoms with E-state index in [0.717, 1.165) is 97.8 Å². The third-order valence-electron chi connectivity index (χ3n) is 9.70. The molecule has 0 amide bonds. The normalized spacial score (nSPS) is 18.6. The second kappa shape index (κ2) is 15.7. The van der Waals surface area contributed by atoms with E-state index in [0.29, 0.717) is 6.54 Å². The fraction of sp³-hybridized carbons (Fsp3) is 0.561. The lowest BCUT2D eigenvalue weighted by Crippen LogP contribution is -2.39. The number of anilines is 1. The largest absolute Gasteiger partial charge is 0.464 e. The van der Waals surface area contributed by atoms with E-state index in [1.165, 1.54) is 17.7 Å². The van der Waals surface area contributed by atoms with Gasteiger partial charge < -0.3 is 19.1 Å². The van der Waals surface area contributed by atoms with Crippen LogP contribution in [0.25, 0.3) is 11.1 Å². The maximum absolute atomic E-state index is 13.7. The van der Waals surface area contributed by atoms with Crippen LogP contribution < -0.4 is 4.90 Å². The fourth-order valence-electron chi connectivity index (χ4n) is 7.11. The topological polar surface area (TPSA) is 64.1 Å². The van der Waals surface area contributed by atoms with Crippen molar-refractivity contribution >= 4 is 11.7 Å². The molecule has 1 aromatic heterocycles. The van der Waals surface area contributed by atoms with E-state index >= 15 is 0 Å². The molecule has 2 aliphatic heterocycles. The highest BCUT2D eigenvalue weighted by Crippen LogP contribution is 2.45. The Balaban J connectivity index is 1.53. The predicted molar refractivity (Wildman–Crippen MR) is 194 cm³/mol. The van der Waals surface area contributed by atoms with Crippen LogP contribution in [0.5, 0.6) is 0 Å². The average Bonchev–Trinajstić information content (AvgIpc) is 3.54. The van der Waals surface area contributed by atoms with Gasteiger partial charge >= 0.3 is 5.97 Å². The van der Waals surface area contributed by atoms with Crippen molar-refractivity contribution in [3.8, 4) is 11.1 Å². The van der Waals surface area contributed by atoms with Gasteiger partial charge in [0.05, 0.1) is 24.0 Å². The molecule has 0 N–H and O–H groups in total. The highest BCUT2D eigenvalue weighted by atomic mass is 19.1. The quantitative estimate of drug-likeness (QED) is 0.178. The van der Waals surface area contributed by atoms with Gasteiger partial charge in [-0.25, -0.2) is 9.18 Å². The number of ether oxygens (including phenoxy) is 3. The number of carbonyl (C=O) groups excluding carboxylic acids is 1. The first-order chi connectivity index (χ1) is 23.2. The SMILES string of the molecule is CCOC(=O)C(OC(C)(C)C)c1c(C)nc(C)c(-c2ccc(CN(Cc3ccc(F)cc3)CC3CCCO3)cc2)c1N1CCC(C)(C)CC1. The van der Waals surface area contributed by atoms with E-state index in [2.05, 4.69) is 54.8 Å². The van der Waals surface area contributed by atoms with Gasteiger partial charge in [0.25, 0.3) is 0 Å². The first-order valence-electron chi connectivity index (χ1n) is 18.0. The molecular weight excluding hydrogens is 617 g/mol. The molecule has 0 bridgehead atoms. The number of hydrogen-bond acceptors (Lipinski definition) is 7. The number of benzene rings is 2. The molecule has 2 unspecified atom stereocenters. The summed E-state index contributed by atoms with van der Waals surface area (Å²) in [5.74, 6) is -0.612. The monoisotopic (exact) mass is 673 g/mol. The minimum atomic E-state index is -0.908.